The van der Waals surface area contributed by atoms with Crippen LogP contribution in [0.3, 0.4) is 0 Å². The fourth-order valence-electron chi connectivity index (χ4n) is 4.64. The summed E-state index contributed by atoms with van der Waals surface area (Å²) in [6, 6.07) is 49.0. The molecule has 0 radical (unpaired) electrons. The third-order valence-electron chi connectivity index (χ3n) is 6.17. The molecule has 168 valence electrons. The van der Waals surface area contributed by atoms with Gasteiger partial charge in [-0.2, -0.15) is 0 Å². The van der Waals surface area contributed by atoms with Crippen LogP contribution in [0.5, 0.6) is 5.75 Å². The Hall–Kier alpha value is -3.19. The second-order valence-corrected chi connectivity index (χ2v) is 11.7. The van der Waals surface area contributed by atoms with Crippen molar-refractivity contribution in [2.75, 3.05) is 0 Å². The van der Waals surface area contributed by atoms with Gasteiger partial charge in [-0.1, -0.05) is 91.0 Å². The highest BCUT2D eigenvalue weighted by molar-refractivity contribution is 7.95. The van der Waals surface area contributed by atoms with Crippen molar-refractivity contribution < 1.29 is 22.1 Å². The minimum Gasteiger partial charge on any atom is -1.00 e. The molecule has 5 aromatic rings. The Morgan fingerprint density at radius 3 is 1.47 bits per heavy atom. The first-order valence-electron chi connectivity index (χ1n) is 11.2. The second-order valence-electron chi connectivity index (χ2n) is 8.18. The molecule has 0 spiro atoms. The van der Waals surface area contributed by atoms with Gasteiger partial charge < -0.3 is 22.1 Å². The molecule has 0 fully saturated rings. The third kappa shape index (κ3) is 4.71. The molecule has 0 saturated carbocycles. The molecule has 5 aromatic carbocycles. The van der Waals surface area contributed by atoms with Crippen LogP contribution in [-0.4, -0.2) is 5.11 Å². The van der Waals surface area contributed by atoms with Gasteiger partial charge in [-0.05, 0) is 65.2 Å². The molecule has 3 heteroatoms. The van der Waals surface area contributed by atoms with E-state index in [2.05, 4.69) is 121 Å². The Balaban J connectivity index is 0.00000274. The summed E-state index contributed by atoms with van der Waals surface area (Å²) in [5, 5.41) is 14.2. The van der Waals surface area contributed by atoms with Gasteiger partial charge in [0.1, 0.15) is 28.9 Å². The predicted octanol–water partition coefficient (Wildman–Crippen LogP) is 3.56. The summed E-state index contributed by atoms with van der Waals surface area (Å²) in [5.74, 6) is 0.289. The molecule has 0 aromatic heterocycles. The fraction of sp³-hybridized carbons (Fsp3) is 0.0323. The van der Waals surface area contributed by atoms with Crippen LogP contribution < -0.4 is 32.9 Å². The quantitative estimate of drug-likeness (QED) is 0.337. The number of phenolic OH excluding ortho intramolecular Hbond substituents is 1. The maximum Gasteiger partial charge on any atom is 0.116 e. The van der Waals surface area contributed by atoms with Crippen LogP contribution in [0.25, 0.3) is 11.1 Å². The highest BCUT2D eigenvalue weighted by Gasteiger charge is 2.45. The van der Waals surface area contributed by atoms with E-state index in [4.69, 9.17) is 0 Å². The molecule has 5 rings (SSSR count). The normalized spacial score (nSPS) is 10.9. The van der Waals surface area contributed by atoms with Gasteiger partial charge in [0.05, 0.1) is 6.16 Å². The molecule has 1 N–H and O–H groups in total. The van der Waals surface area contributed by atoms with E-state index in [0.717, 1.165) is 11.7 Å². The first kappa shape index (κ1) is 24.0. The second kappa shape index (κ2) is 10.8. The van der Waals surface area contributed by atoms with Crippen LogP contribution in [0.2, 0.25) is 0 Å². The molecule has 0 bridgehead atoms. The van der Waals surface area contributed by atoms with E-state index in [0.29, 0.717) is 0 Å². The molecule has 0 aliphatic heterocycles. The van der Waals surface area contributed by atoms with Crippen molar-refractivity contribution in [1.82, 2.24) is 0 Å². The van der Waals surface area contributed by atoms with E-state index in [1.165, 1.54) is 27.0 Å². The Morgan fingerprint density at radius 2 is 0.971 bits per heavy atom. The van der Waals surface area contributed by atoms with Gasteiger partial charge >= 0.3 is 0 Å². The number of rotatable bonds is 6. The van der Waals surface area contributed by atoms with Gasteiger partial charge in [-0.25, -0.2) is 0 Å². The van der Waals surface area contributed by atoms with Crippen LogP contribution in [0.1, 0.15) is 5.56 Å². The molecule has 0 aliphatic carbocycles. The lowest BCUT2D eigenvalue weighted by Gasteiger charge is -2.28. The topological polar surface area (TPSA) is 20.2 Å². The van der Waals surface area contributed by atoms with Gasteiger partial charge in [0, 0.05) is 0 Å². The van der Waals surface area contributed by atoms with Crippen molar-refractivity contribution in [1.29, 1.82) is 0 Å². The lowest BCUT2D eigenvalue weighted by molar-refractivity contribution is -0.00000740. The fourth-order valence-corrected chi connectivity index (χ4v) is 8.91. The first-order chi connectivity index (χ1) is 16.3. The molecule has 0 aliphatic rings. The molecular weight excluding hydrogens is 499 g/mol. The number of aromatic hydroxyl groups is 1. The van der Waals surface area contributed by atoms with Gasteiger partial charge in [-0.15, -0.1) is 0 Å². The van der Waals surface area contributed by atoms with Gasteiger partial charge in [0.25, 0.3) is 0 Å². The monoisotopic (exact) mass is 524 g/mol. The minimum atomic E-state index is -2.00. The number of hydrogen-bond donors (Lipinski definition) is 1. The SMILES string of the molecule is Oc1cccc(-c2ccccc2C[P+](c2ccccc2)(c2ccccc2)c2ccccc2)c1.[Br-]. The van der Waals surface area contributed by atoms with E-state index in [1.54, 1.807) is 6.07 Å². The zero-order valence-corrected chi connectivity index (χ0v) is 21.2. The molecular formula is C31H26BrOP. The molecule has 34 heavy (non-hydrogen) atoms. The zero-order valence-electron chi connectivity index (χ0n) is 18.8. The summed E-state index contributed by atoms with van der Waals surface area (Å²) in [7, 11) is -2.00. The number of benzene rings is 5. The molecule has 1 nitrogen and oxygen atoms in total. The lowest BCUT2D eigenvalue weighted by Crippen LogP contribution is -3.00. The average molecular weight is 525 g/mol. The molecule has 0 amide bonds. The summed E-state index contributed by atoms with van der Waals surface area (Å²) in [4.78, 5) is 0. The maximum absolute atomic E-state index is 10.1. The van der Waals surface area contributed by atoms with Gasteiger partial charge in [0.2, 0.25) is 0 Å². The molecule has 0 heterocycles. The first-order valence-corrected chi connectivity index (χ1v) is 13.2. The largest absolute Gasteiger partial charge is 1.00 e. The van der Waals surface area contributed by atoms with Crippen LogP contribution in [0.4, 0.5) is 0 Å². The van der Waals surface area contributed by atoms with E-state index in [1.807, 2.05) is 12.1 Å². The molecule has 0 unspecified atom stereocenters. The van der Waals surface area contributed by atoms with Crippen molar-refractivity contribution in [3.63, 3.8) is 0 Å². The Bertz CT molecular complexity index is 1240. The summed E-state index contributed by atoms with van der Waals surface area (Å²) in [6.07, 6.45) is 0.900. The van der Waals surface area contributed by atoms with Crippen LogP contribution >= 0.6 is 7.26 Å². The van der Waals surface area contributed by atoms with Crippen molar-refractivity contribution >= 4 is 23.2 Å². The Labute approximate surface area is 212 Å². The number of hydrogen-bond acceptors (Lipinski definition) is 1. The Morgan fingerprint density at radius 1 is 0.500 bits per heavy atom. The zero-order chi connectivity index (χ0) is 22.5. The van der Waals surface area contributed by atoms with Gasteiger partial charge in [0.15, 0.2) is 0 Å². The number of phenols is 1. The van der Waals surface area contributed by atoms with E-state index in [9.17, 15) is 5.11 Å². The average Bonchev–Trinajstić information content (AvgIpc) is 2.89. The number of halogens is 1. The van der Waals surface area contributed by atoms with Gasteiger partial charge in [-0.3, -0.25) is 0 Å². The van der Waals surface area contributed by atoms with Crippen LogP contribution in [-0.2, 0) is 6.16 Å². The van der Waals surface area contributed by atoms with E-state index >= 15 is 0 Å². The smallest absolute Gasteiger partial charge is 0.116 e. The predicted molar refractivity (Wildman–Crippen MR) is 142 cm³/mol. The van der Waals surface area contributed by atoms with Crippen molar-refractivity contribution in [3.8, 4) is 16.9 Å². The van der Waals surface area contributed by atoms with Crippen LogP contribution in [0, 0.1) is 0 Å². The van der Waals surface area contributed by atoms with Crippen molar-refractivity contribution in [2.24, 2.45) is 0 Å². The lowest BCUT2D eigenvalue weighted by atomic mass is 10.0. The standard InChI is InChI=1S/C31H25OP.BrH/c32-27-15-12-14-25(23-27)31-22-11-10-13-26(31)24-33(28-16-4-1-5-17-28,29-18-6-2-7-19-29)30-20-8-3-9-21-30;/h1-23H,24H2;1H. The molecule has 0 saturated heterocycles. The maximum atomic E-state index is 10.1. The summed E-state index contributed by atoms with van der Waals surface area (Å²) in [5.41, 5.74) is 3.49. The van der Waals surface area contributed by atoms with E-state index in [-0.39, 0.29) is 22.7 Å². The van der Waals surface area contributed by atoms with E-state index < -0.39 is 7.26 Å². The van der Waals surface area contributed by atoms with Crippen molar-refractivity contribution in [3.05, 3.63) is 145 Å². The minimum absolute atomic E-state index is 0. The van der Waals surface area contributed by atoms with Crippen molar-refractivity contribution in [2.45, 2.75) is 6.16 Å². The summed E-state index contributed by atoms with van der Waals surface area (Å²) >= 11 is 0. The third-order valence-corrected chi connectivity index (χ3v) is 10.5. The Kier molecular flexibility index (Phi) is 7.63. The summed E-state index contributed by atoms with van der Waals surface area (Å²) in [6.45, 7) is 0. The highest BCUT2D eigenvalue weighted by Crippen LogP contribution is 2.58. The summed E-state index contributed by atoms with van der Waals surface area (Å²) < 4.78 is 0. The van der Waals surface area contributed by atoms with Crippen LogP contribution in [0.15, 0.2) is 140 Å². The highest BCUT2D eigenvalue weighted by atomic mass is 79.9. The molecule has 0 atom stereocenters.